The molecule has 122 valence electrons. The SMILES string of the molecule is Cc1ccc2oc(-c3ccc(-c4ccc([N+](=O)[O-])cc4)cc3)nc2c1. The van der Waals surface area contributed by atoms with Crippen molar-refractivity contribution in [3.05, 3.63) is 82.4 Å². The Morgan fingerprint density at radius 2 is 1.48 bits per heavy atom. The fourth-order valence-electron chi connectivity index (χ4n) is 2.74. The molecule has 0 aliphatic heterocycles. The summed E-state index contributed by atoms with van der Waals surface area (Å²) in [5.74, 6) is 0.579. The first kappa shape index (κ1) is 15.1. The van der Waals surface area contributed by atoms with Gasteiger partial charge in [-0.25, -0.2) is 4.98 Å². The van der Waals surface area contributed by atoms with Crippen molar-refractivity contribution in [1.82, 2.24) is 4.98 Å². The molecule has 0 amide bonds. The Bertz CT molecular complexity index is 1060. The van der Waals surface area contributed by atoms with E-state index in [-0.39, 0.29) is 5.69 Å². The summed E-state index contributed by atoms with van der Waals surface area (Å²) in [4.78, 5) is 14.9. The standard InChI is InChI=1S/C20H14N2O3/c1-13-2-11-19-18(12-13)21-20(25-19)16-5-3-14(4-6-16)15-7-9-17(10-8-15)22(23)24/h2-12H,1H3. The van der Waals surface area contributed by atoms with Crippen molar-refractivity contribution in [3.8, 4) is 22.6 Å². The van der Waals surface area contributed by atoms with Crippen LogP contribution >= 0.6 is 0 Å². The van der Waals surface area contributed by atoms with E-state index in [0.717, 1.165) is 33.4 Å². The van der Waals surface area contributed by atoms with Crippen LogP contribution in [0.4, 0.5) is 5.69 Å². The second-order valence-corrected chi connectivity index (χ2v) is 5.87. The topological polar surface area (TPSA) is 69.2 Å². The van der Waals surface area contributed by atoms with Crippen LogP contribution in [0, 0.1) is 17.0 Å². The Hall–Kier alpha value is -3.47. The minimum Gasteiger partial charge on any atom is -0.436 e. The van der Waals surface area contributed by atoms with Gasteiger partial charge in [-0.05, 0) is 60.0 Å². The van der Waals surface area contributed by atoms with Crippen molar-refractivity contribution in [3.63, 3.8) is 0 Å². The number of fused-ring (bicyclic) bond motifs is 1. The molecule has 25 heavy (non-hydrogen) atoms. The molecular weight excluding hydrogens is 316 g/mol. The van der Waals surface area contributed by atoms with Crippen molar-refractivity contribution < 1.29 is 9.34 Å². The highest BCUT2D eigenvalue weighted by atomic mass is 16.6. The van der Waals surface area contributed by atoms with Crippen molar-refractivity contribution >= 4 is 16.8 Å². The van der Waals surface area contributed by atoms with Crippen LogP contribution < -0.4 is 0 Å². The van der Waals surface area contributed by atoms with Gasteiger partial charge in [0.15, 0.2) is 5.58 Å². The molecule has 0 aliphatic rings. The number of hydrogen-bond donors (Lipinski definition) is 0. The number of non-ortho nitro benzene ring substituents is 1. The lowest BCUT2D eigenvalue weighted by Gasteiger charge is -2.02. The highest BCUT2D eigenvalue weighted by Crippen LogP contribution is 2.28. The molecule has 1 heterocycles. The summed E-state index contributed by atoms with van der Waals surface area (Å²) in [5.41, 5.74) is 5.62. The average molecular weight is 330 g/mol. The van der Waals surface area contributed by atoms with E-state index in [0.29, 0.717) is 5.89 Å². The largest absolute Gasteiger partial charge is 0.436 e. The number of aryl methyl sites for hydroxylation is 1. The number of nitro groups is 1. The van der Waals surface area contributed by atoms with Crippen LogP contribution in [0.3, 0.4) is 0 Å². The fourth-order valence-corrected chi connectivity index (χ4v) is 2.74. The Kier molecular flexibility index (Phi) is 3.54. The van der Waals surface area contributed by atoms with Gasteiger partial charge in [-0.2, -0.15) is 0 Å². The van der Waals surface area contributed by atoms with Gasteiger partial charge in [0.1, 0.15) is 5.52 Å². The van der Waals surface area contributed by atoms with E-state index in [4.69, 9.17) is 4.42 Å². The zero-order valence-corrected chi connectivity index (χ0v) is 13.5. The highest BCUT2D eigenvalue weighted by Gasteiger charge is 2.09. The summed E-state index contributed by atoms with van der Waals surface area (Å²) in [7, 11) is 0. The summed E-state index contributed by atoms with van der Waals surface area (Å²) in [6.45, 7) is 2.02. The minimum absolute atomic E-state index is 0.0853. The molecule has 0 saturated carbocycles. The van der Waals surface area contributed by atoms with Crippen LogP contribution in [-0.2, 0) is 0 Å². The van der Waals surface area contributed by atoms with Crippen molar-refractivity contribution in [2.75, 3.05) is 0 Å². The molecule has 0 unspecified atom stereocenters. The summed E-state index contributed by atoms with van der Waals surface area (Å²) in [5, 5.41) is 10.7. The van der Waals surface area contributed by atoms with E-state index in [1.807, 2.05) is 49.4 Å². The normalized spacial score (nSPS) is 10.9. The first-order valence-electron chi connectivity index (χ1n) is 7.82. The predicted octanol–water partition coefficient (Wildman–Crippen LogP) is 5.38. The molecule has 0 radical (unpaired) electrons. The number of nitro benzene ring substituents is 1. The van der Waals surface area contributed by atoms with Crippen LogP contribution in [0.15, 0.2) is 71.1 Å². The molecule has 0 fully saturated rings. The smallest absolute Gasteiger partial charge is 0.269 e. The first-order chi connectivity index (χ1) is 12.1. The van der Waals surface area contributed by atoms with E-state index in [1.165, 1.54) is 12.1 Å². The first-order valence-corrected chi connectivity index (χ1v) is 7.82. The van der Waals surface area contributed by atoms with Gasteiger partial charge in [0.25, 0.3) is 5.69 Å². The third-order valence-electron chi connectivity index (χ3n) is 4.09. The molecule has 4 rings (SSSR count). The van der Waals surface area contributed by atoms with Gasteiger partial charge in [-0.3, -0.25) is 10.1 Å². The zero-order valence-electron chi connectivity index (χ0n) is 13.5. The molecular formula is C20H14N2O3. The number of hydrogen-bond acceptors (Lipinski definition) is 4. The molecule has 0 N–H and O–H groups in total. The van der Waals surface area contributed by atoms with Gasteiger partial charge in [0.05, 0.1) is 4.92 Å². The summed E-state index contributed by atoms with van der Waals surface area (Å²) >= 11 is 0. The zero-order chi connectivity index (χ0) is 17.4. The Labute approximate surface area is 143 Å². The molecule has 1 aromatic heterocycles. The number of aromatic nitrogens is 1. The Balaban J connectivity index is 1.65. The maximum atomic E-state index is 10.7. The van der Waals surface area contributed by atoms with Crippen LogP contribution in [-0.4, -0.2) is 9.91 Å². The third kappa shape index (κ3) is 2.87. The fraction of sp³-hybridized carbons (Fsp3) is 0.0500. The summed E-state index contributed by atoms with van der Waals surface area (Å²) < 4.78 is 5.81. The Morgan fingerprint density at radius 1 is 0.880 bits per heavy atom. The molecule has 3 aromatic carbocycles. The van der Waals surface area contributed by atoms with Crippen LogP contribution in [0.2, 0.25) is 0 Å². The lowest BCUT2D eigenvalue weighted by atomic mass is 10.0. The van der Waals surface area contributed by atoms with E-state index < -0.39 is 4.92 Å². The number of oxazole rings is 1. The van der Waals surface area contributed by atoms with Crippen molar-refractivity contribution in [2.45, 2.75) is 6.92 Å². The monoisotopic (exact) mass is 330 g/mol. The third-order valence-corrected chi connectivity index (χ3v) is 4.09. The van der Waals surface area contributed by atoms with Gasteiger partial charge in [0, 0.05) is 17.7 Å². The molecule has 5 heteroatoms. The predicted molar refractivity (Wildman–Crippen MR) is 96.3 cm³/mol. The maximum Gasteiger partial charge on any atom is 0.269 e. The second kappa shape index (κ2) is 5.87. The summed E-state index contributed by atoms with van der Waals surface area (Å²) in [6.07, 6.45) is 0. The minimum atomic E-state index is -0.401. The quantitative estimate of drug-likeness (QED) is 0.373. The van der Waals surface area contributed by atoms with Gasteiger partial charge < -0.3 is 4.42 Å². The summed E-state index contributed by atoms with van der Waals surface area (Å²) in [6, 6.07) is 20.2. The van der Waals surface area contributed by atoms with Crippen LogP contribution in [0.25, 0.3) is 33.7 Å². The van der Waals surface area contributed by atoms with E-state index in [1.54, 1.807) is 12.1 Å². The van der Waals surface area contributed by atoms with Gasteiger partial charge in [-0.15, -0.1) is 0 Å². The Morgan fingerprint density at radius 3 is 2.12 bits per heavy atom. The number of nitrogens with zero attached hydrogens (tertiary/aromatic N) is 2. The lowest BCUT2D eigenvalue weighted by molar-refractivity contribution is -0.384. The van der Waals surface area contributed by atoms with Crippen molar-refractivity contribution in [1.29, 1.82) is 0 Å². The van der Waals surface area contributed by atoms with Gasteiger partial charge in [-0.1, -0.05) is 18.2 Å². The highest BCUT2D eigenvalue weighted by molar-refractivity contribution is 5.77. The van der Waals surface area contributed by atoms with Crippen molar-refractivity contribution in [2.24, 2.45) is 0 Å². The molecule has 0 spiro atoms. The number of rotatable bonds is 3. The average Bonchev–Trinajstić information content (AvgIpc) is 3.05. The van der Waals surface area contributed by atoms with E-state index in [2.05, 4.69) is 4.98 Å². The lowest BCUT2D eigenvalue weighted by Crippen LogP contribution is -1.87. The number of benzene rings is 3. The molecule has 0 bridgehead atoms. The van der Waals surface area contributed by atoms with E-state index >= 15 is 0 Å². The molecule has 0 saturated heterocycles. The van der Waals surface area contributed by atoms with Crippen LogP contribution in [0.5, 0.6) is 0 Å². The van der Waals surface area contributed by atoms with Gasteiger partial charge >= 0.3 is 0 Å². The van der Waals surface area contributed by atoms with E-state index in [9.17, 15) is 10.1 Å². The van der Waals surface area contributed by atoms with Gasteiger partial charge in [0.2, 0.25) is 5.89 Å². The van der Waals surface area contributed by atoms with Crippen LogP contribution in [0.1, 0.15) is 5.56 Å². The molecule has 5 nitrogen and oxygen atoms in total. The maximum absolute atomic E-state index is 10.7. The second-order valence-electron chi connectivity index (χ2n) is 5.87. The molecule has 4 aromatic rings. The molecule has 0 atom stereocenters. The molecule has 0 aliphatic carbocycles.